The van der Waals surface area contributed by atoms with Gasteiger partial charge >= 0.3 is 12.1 Å². The minimum atomic E-state index is -0.395. The zero-order valence-corrected chi connectivity index (χ0v) is 31.6. The summed E-state index contributed by atoms with van der Waals surface area (Å²) in [5.41, 5.74) is 15.6. The van der Waals surface area contributed by atoms with E-state index in [9.17, 15) is 9.59 Å². The molecule has 0 unspecified atom stereocenters. The third kappa shape index (κ3) is 19.7. The van der Waals surface area contributed by atoms with Crippen LogP contribution in [0.2, 0.25) is 0 Å². The summed E-state index contributed by atoms with van der Waals surface area (Å²) in [4.78, 5) is 27.9. The first-order chi connectivity index (χ1) is 24.0. The highest BCUT2D eigenvalue weighted by molar-refractivity contribution is 5.91. The van der Waals surface area contributed by atoms with Crippen molar-refractivity contribution >= 4 is 23.4 Å². The first-order valence-electron chi connectivity index (χ1n) is 20.3. The second kappa shape index (κ2) is 27.8. The van der Waals surface area contributed by atoms with Crippen LogP contribution in [0.1, 0.15) is 179 Å². The van der Waals surface area contributed by atoms with E-state index in [1.165, 1.54) is 128 Å². The summed E-state index contributed by atoms with van der Waals surface area (Å²) in [6.07, 6.45) is 31.7. The standard InChI is InChI=1S/C43H72N4O2/c1-3-5-7-9-11-13-15-17-19-21-23-25-35-46(42(44)48)40-31-27-38(28-32-40)37-39-29-33-41(34-30-39)47(43(45)49)36-26-24-22-20-18-16-14-12-10-8-6-4-2/h27-34H,3-26,35-37H2,1-2H3,(H2,44,48)(H2,45,49). The number of unbranched alkanes of at least 4 members (excludes halogenated alkanes) is 22. The number of carbonyl (C=O) groups is 2. The minimum absolute atomic E-state index is 0.395. The zero-order chi connectivity index (χ0) is 35.4. The van der Waals surface area contributed by atoms with Crippen molar-refractivity contribution in [3.05, 3.63) is 59.7 Å². The van der Waals surface area contributed by atoms with Gasteiger partial charge < -0.3 is 11.5 Å². The van der Waals surface area contributed by atoms with Gasteiger partial charge in [0.15, 0.2) is 0 Å². The molecule has 0 aliphatic heterocycles. The van der Waals surface area contributed by atoms with Gasteiger partial charge in [0.1, 0.15) is 0 Å². The van der Waals surface area contributed by atoms with Crippen LogP contribution in [0.25, 0.3) is 0 Å². The Kier molecular flexibility index (Phi) is 23.9. The molecule has 6 nitrogen and oxygen atoms in total. The number of amides is 4. The van der Waals surface area contributed by atoms with Gasteiger partial charge in [-0.25, -0.2) is 9.59 Å². The molecule has 0 heterocycles. The van der Waals surface area contributed by atoms with Crippen LogP contribution in [0.5, 0.6) is 0 Å². The molecule has 0 saturated heterocycles. The van der Waals surface area contributed by atoms with E-state index in [-0.39, 0.29) is 0 Å². The Morgan fingerprint density at radius 2 is 0.653 bits per heavy atom. The molecule has 0 saturated carbocycles. The quantitative estimate of drug-likeness (QED) is 0.0806. The van der Waals surface area contributed by atoms with Crippen LogP contribution >= 0.6 is 0 Å². The van der Waals surface area contributed by atoms with E-state index < -0.39 is 12.1 Å². The fourth-order valence-electron chi connectivity index (χ4n) is 6.78. The molecule has 0 atom stereocenters. The molecular weight excluding hydrogens is 604 g/mol. The van der Waals surface area contributed by atoms with Crippen molar-refractivity contribution in [1.82, 2.24) is 0 Å². The Labute approximate surface area is 300 Å². The summed E-state index contributed by atoms with van der Waals surface area (Å²) >= 11 is 0. The molecule has 0 radical (unpaired) electrons. The van der Waals surface area contributed by atoms with E-state index in [2.05, 4.69) is 38.1 Å². The Morgan fingerprint density at radius 3 is 0.898 bits per heavy atom. The molecular formula is C43H72N4O2. The number of anilines is 2. The first-order valence-corrected chi connectivity index (χ1v) is 20.3. The van der Waals surface area contributed by atoms with Crippen LogP contribution in [-0.4, -0.2) is 25.2 Å². The van der Waals surface area contributed by atoms with E-state index in [4.69, 9.17) is 11.5 Å². The number of hydrogen-bond donors (Lipinski definition) is 2. The lowest BCUT2D eigenvalue weighted by Gasteiger charge is -2.21. The van der Waals surface area contributed by atoms with Crippen molar-refractivity contribution in [3.8, 4) is 0 Å². The molecule has 0 fully saturated rings. The number of nitrogens with zero attached hydrogens (tertiary/aromatic N) is 2. The summed E-state index contributed by atoms with van der Waals surface area (Å²) < 4.78 is 0. The average Bonchev–Trinajstić information content (AvgIpc) is 3.09. The van der Waals surface area contributed by atoms with Gasteiger partial charge in [0, 0.05) is 24.5 Å². The first kappa shape index (κ1) is 42.1. The maximum absolute atomic E-state index is 12.2. The fourth-order valence-corrected chi connectivity index (χ4v) is 6.78. The zero-order valence-electron chi connectivity index (χ0n) is 31.6. The summed E-state index contributed by atoms with van der Waals surface area (Å²) in [5, 5.41) is 0. The molecule has 0 aliphatic carbocycles. The lowest BCUT2D eigenvalue weighted by Crippen LogP contribution is -2.36. The highest BCUT2D eigenvalue weighted by atomic mass is 16.2. The Balaban J connectivity index is 1.68. The number of nitrogens with two attached hydrogens (primary N) is 2. The fraction of sp³-hybridized carbons (Fsp3) is 0.674. The lowest BCUT2D eigenvalue weighted by atomic mass is 10.0. The second-order valence-electron chi connectivity index (χ2n) is 14.3. The van der Waals surface area contributed by atoms with Crippen molar-refractivity contribution in [2.45, 2.75) is 174 Å². The van der Waals surface area contributed by atoms with Crippen LogP contribution < -0.4 is 21.3 Å². The van der Waals surface area contributed by atoms with Crippen LogP contribution in [0.3, 0.4) is 0 Å². The molecule has 49 heavy (non-hydrogen) atoms. The highest BCUT2D eigenvalue weighted by Crippen LogP contribution is 2.22. The van der Waals surface area contributed by atoms with Crippen molar-refractivity contribution < 1.29 is 9.59 Å². The normalized spacial score (nSPS) is 11.1. The van der Waals surface area contributed by atoms with E-state index in [1.807, 2.05) is 24.3 Å². The van der Waals surface area contributed by atoms with Gasteiger partial charge in [-0.3, -0.25) is 9.80 Å². The molecule has 2 aromatic carbocycles. The predicted molar refractivity (Wildman–Crippen MR) is 212 cm³/mol. The van der Waals surface area contributed by atoms with Gasteiger partial charge in [-0.05, 0) is 54.7 Å². The van der Waals surface area contributed by atoms with E-state index in [1.54, 1.807) is 9.80 Å². The molecule has 4 amide bonds. The summed E-state index contributed by atoms with van der Waals surface area (Å²) in [7, 11) is 0. The SMILES string of the molecule is CCCCCCCCCCCCCCN(C(N)=O)c1ccc(Cc2ccc(N(CCCCCCCCCCCCCC)C(N)=O)cc2)cc1. The second-order valence-corrected chi connectivity index (χ2v) is 14.3. The summed E-state index contributed by atoms with van der Waals surface area (Å²) in [6, 6.07) is 15.5. The average molecular weight is 677 g/mol. The number of hydrogen-bond acceptors (Lipinski definition) is 2. The summed E-state index contributed by atoms with van der Waals surface area (Å²) in [5.74, 6) is 0. The maximum atomic E-state index is 12.2. The van der Waals surface area contributed by atoms with Crippen LogP contribution in [0, 0.1) is 0 Å². The van der Waals surface area contributed by atoms with E-state index in [0.717, 1.165) is 54.6 Å². The highest BCUT2D eigenvalue weighted by Gasteiger charge is 2.14. The number of benzene rings is 2. The van der Waals surface area contributed by atoms with Crippen molar-refractivity contribution in [1.29, 1.82) is 0 Å². The van der Waals surface area contributed by atoms with Crippen molar-refractivity contribution in [2.24, 2.45) is 11.5 Å². The van der Waals surface area contributed by atoms with Crippen LogP contribution in [0.4, 0.5) is 21.0 Å². The Bertz CT molecular complexity index is 1010. The minimum Gasteiger partial charge on any atom is -0.351 e. The molecule has 0 bridgehead atoms. The molecule has 0 aromatic heterocycles. The number of carbonyl (C=O) groups excluding carboxylic acids is 2. The predicted octanol–water partition coefficient (Wildman–Crippen LogP) is 12.4. The topological polar surface area (TPSA) is 92.7 Å². The van der Waals surface area contributed by atoms with Crippen LogP contribution in [-0.2, 0) is 6.42 Å². The smallest absolute Gasteiger partial charge is 0.319 e. The van der Waals surface area contributed by atoms with Gasteiger partial charge in [-0.1, -0.05) is 179 Å². The molecule has 4 N–H and O–H groups in total. The van der Waals surface area contributed by atoms with Gasteiger partial charge in [0.05, 0.1) is 0 Å². The third-order valence-corrected chi connectivity index (χ3v) is 9.91. The van der Waals surface area contributed by atoms with Crippen molar-refractivity contribution in [3.63, 3.8) is 0 Å². The van der Waals surface area contributed by atoms with Gasteiger partial charge in [-0.15, -0.1) is 0 Å². The Morgan fingerprint density at radius 1 is 0.408 bits per heavy atom. The molecule has 2 rings (SSSR count). The molecule has 0 aliphatic rings. The van der Waals surface area contributed by atoms with E-state index in [0.29, 0.717) is 13.1 Å². The molecule has 0 spiro atoms. The van der Waals surface area contributed by atoms with Gasteiger partial charge in [-0.2, -0.15) is 0 Å². The molecule has 6 heteroatoms. The van der Waals surface area contributed by atoms with Gasteiger partial charge in [0.2, 0.25) is 0 Å². The molecule has 276 valence electrons. The third-order valence-electron chi connectivity index (χ3n) is 9.91. The van der Waals surface area contributed by atoms with Crippen LogP contribution in [0.15, 0.2) is 48.5 Å². The molecule has 2 aromatic rings. The Hall–Kier alpha value is -3.02. The number of primary amides is 2. The monoisotopic (exact) mass is 677 g/mol. The largest absolute Gasteiger partial charge is 0.351 e. The van der Waals surface area contributed by atoms with Gasteiger partial charge in [0.25, 0.3) is 0 Å². The van der Waals surface area contributed by atoms with E-state index >= 15 is 0 Å². The number of rotatable bonds is 30. The van der Waals surface area contributed by atoms with Crippen molar-refractivity contribution in [2.75, 3.05) is 22.9 Å². The summed E-state index contributed by atoms with van der Waals surface area (Å²) in [6.45, 7) is 5.85. The number of urea groups is 2. The maximum Gasteiger partial charge on any atom is 0.319 e. The lowest BCUT2D eigenvalue weighted by molar-refractivity contribution is 0.253.